The molecule has 1 heterocycles. The minimum Gasteiger partial charge on any atom is -0.399 e. The second-order valence-electron chi connectivity index (χ2n) is 3.72. The SMILES string of the molecule is Nc1cc(F)c(F)c(S(=O)(=O)NCc2cccs2)c1. The number of hydrogen-bond donors (Lipinski definition) is 2. The summed E-state index contributed by atoms with van der Waals surface area (Å²) in [5.74, 6) is -2.73. The second kappa shape index (κ2) is 5.24. The third-order valence-corrected chi connectivity index (χ3v) is 4.60. The van der Waals surface area contributed by atoms with Crippen LogP contribution in [0.5, 0.6) is 0 Å². The Kier molecular flexibility index (Phi) is 3.83. The van der Waals surface area contributed by atoms with Crippen molar-refractivity contribution in [3.05, 3.63) is 46.2 Å². The van der Waals surface area contributed by atoms with Crippen molar-refractivity contribution < 1.29 is 17.2 Å². The van der Waals surface area contributed by atoms with E-state index in [0.717, 1.165) is 17.0 Å². The van der Waals surface area contributed by atoms with Crippen molar-refractivity contribution >= 4 is 27.0 Å². The highest BCUT2D eigenvalue weighted by molar-refractivity contribution is 7.89. The van der Waals surface area contributed by atoms with Crippen molar-refractivity contribution in [1.82, 2.24) is 4.72 Å². The molecule has 8 heteroatoms. The molecule has 0 amide bonds. The first kappa shape index (κ1) is 13.9. The standard InChI is InChI=1S/C11H10F2N2O2S2/c12-9-4-7(14)5-10(11(9)13)19(16,17)15-6-8-2-1-3-18-8/h1-5,15H,6,14H2. The van der Waals surface area contributed by atoms with Crippen LogP contribution in [0, 0.1) is 11.6 Å². The van der Waals surface area contributed by atoms with Crippen molar-refractivity contribution in [3.8, 4) is 0 Å². The molecule has 3 N–H and O–H groups in total. The molecule has 0 aliphatic heterocycles. The quantitative estimate of drug-likeness (QED) is 0.850. The van der Waals surface area contributed by atoms with Crippen LogP contribution in [0.4, 0.5) is 14.5 Å². The van der Waals surface area contributed by atoms with Gasteiger partial charge in [0.05, 0.1) is 0 Å². The van der Waals surface area contributed by atoms with Crippen molar-refractivity contribution in [1.29, 1.82) is 0 Å². The fourth-order valence-corrected chi connectivity index (χ4v) is 3.30. The number of halogens is 2. The minimum atomic E-state index is -4.15. The van der Waals surface area contributed by atoms with Crippen molar-refractivity contribution in [2.45, 2.75) is 11.4 Å². The van der Waals surface area contributed by atoms with E-state index >= 15 is 0 Å². The lowest BCUT2D eigenvalue weighted by molar-refractivity contribution is 0.484. The van der Waals surface area contributed by atoms with Gasteiger partial charge in [-0.1, -0.05) is 6.07 Å². The van der Waals surface area contributed by atoms with Gasteiger partial charge in [0.1, 0.15) is 4.90 Å². The summed E-state index contributed by atoms with van der Waals surface area (Å²) in [4.78, 5) is -0.0325. The van der Waals surface area contributed by atoms with Crippen LogP contribution in [0.15, 0.2) is 34.5 Å². The molecule has 0 atom stereocenters. The third kappa shape index (κ3) is 3.09. The molecule has 0 spiro atoms. The largest absolute Gasteiger partial charge is 0.399 e. The molecule has 1 aromatic heterocycles. The number of anilines is 1. The minimum absolute atomic E-state index is 0.00978. The topological polar surface area (TPSA) is 72.2 Å². The zero-order valence-corrected chi connectivity index (χ0v) is 11.2. The molecule has 0 radical (unpaired) electrons. The Morgan fingerprint density at radius 1 is 1.32 bits per heavy atom. The van der Waals surface area contributed by atoms with E-state index in [-0.39, 0.29) is 12.2 Å². The van der Waals surface area contributed by atoms with Gasteiger partial charge in [-0.3, -0.25) is 0 Å². The highest BCUT2D eigenvalue weighted by Gasteiger charge is 2.22. The lowest BCUT2D eigenvalue weighted by atomic mass is 10.3. The summed E-state index contributed by atoms with van der Waals surface area (Å²) in [6.45, 7) is 0.00978. The van der Waals surface area contributed by atoms with Crippen molar-refractivity contribution in [3.63, 3.8) is 0 Å². The number of rotatable bonds is 4. The van der Waals surface area contributed by atoms with Crippen LogP contribution in [-0.2, 0) is 16.6 Å². The first-order chi connectivity index (χ1) is 8.90. The Morgan fingerprint density at radius 3 is 2.68 bits per heavy atom. The molecule has 19 heavy (non-hydrogen) atoms. The summed E-state index contributed by atoms with van der Waals surface area (Å²) >= 11 is 1.35. The van der Waals surface area contributed by atoms with E-state index in [1.165, 1.54) is 11.3 Å². The van der Waals surface area contributed by atoms with Gasteiger partial charge < -0.3 is 5.73 Å². The van der Waals surface area contributed by atoms with Crippen molar-refractivity contribution in [2.75, 3.05) is 5.73 Å². The Morgan fingerprint density at radius 2 is 2.05 bits per heavy atom. The van der Waals surface area contributed by atoms with E-state index in [0.29, 0.717) is 0 Å². The zero-order valence-electron chi connectivity index (χ0n) is 9.56. The number of sulfonamides is 1. The first-order valence-electron chi connectivity index (χ1n) is 5.17. The lowest BCUT2D eigenvalue weighted by Gasteiger charge is -2.08. The highest BCUT2D eigenvalue weighted by Crippen LogP contribution is 2.21. The number of nitrogen functional groups attached to an aromatic ring is 1. The molecule has 0 bridgehead atoms. The Labute approximate surface area is 112 Å². The fraction of sp³-hybridized carbons (Fsp3) is 0.0909. The molecule has 0 aliphatic rings. The molecule has 0 unspecified atom stereocenters. The van der Waals surface area contributed by atoms with Gasteiger partial charge in [0.15, 0.2) is 11.6 Å². The Balaban J connectivity index is 2.29. The van der Waals surface area contributed by atoms with Gasteiger partial charge in [-0.05, 0) is 23.6 Å². The van der Waals surface area contributed by atoms with E-state index in [4.69, 9.17) is 5.73 Å². The van der Waals surface area contributed by atoms with Gasteiger partial charge in [0.25, 0.3) is 0 Å². The number of thiophene rings is 1. The number of hydrogen-bond acceptors (Lipinski definition) is 4. The molecule has 0 saturated heterocycles. The van der Waals surface area contributed by atoms with E-state index in [1.54, 1.807) is 17.5 Å². The smallest absolute Gasteiger partial charge is 0.244 e. The normalized spacial score (nSPS) is 11.7. The number of nitrogens with two attached hydrogens (primary N) is 1. The van der Waals surface area contributed by atoms with Crippen LogP contribution in [0.3, 0.4) is 0 Å². The summed E-state index contributed by atoms with van der Waals surface area (Å²) in [5, 5.41) is 1.78. The van der Waals surface area contributed by atoms with Gasteiger partial charge in [0, 0.05) is 17.1 Å². The van der Waals surface area contributed by atoms with Gasteiger partial charge in [-0.2, -0.15) is 0 Å². The van der Waals surface area contributed by atoms with E-state index in [2.05, 4.69) is 4.72 Å². The Bertz CT molecular complexity index is 685. The van der Waals surface area contributed by atoms with Gasteiger partial charge in [-0.15, -0.1) is 11.3 Å². The number of benzene rings is 1. The Hall–Kier alpha value is -1.51. The van der Waals surface area contributed by atoms with Gasteiger partial charge >= 0.3 is 0 Å². The molecule has 2 rings (SSSR count). The van der Waals surface area contributed by atoms with Crippen LogP contribution in [0.1, 0.15) is 4.88 Å². The summed E-state index contributed by atoms with van der Waals surface area (Å²) in [5.41, 5.74) is 5.16. The molecular weight excluding hydrogens is 294 g/mol. The fourth-order valence-electron chi connectivity index (χ4n) is 1.44. The molecule has 4 nitrogen and oxygen atoms in total. The van der Waals surface area contributed by atoms with E-state index < -0.39 is 26.6 Å². The molecule has 0 fully saturated rings. The predicted octanol–water partition coefficient (Wildman–Crippen LogP) is 2.09. The summed E-state index contributed by atoms with van der Waals surface area (Å²) in [7, 11) is -4.15. The van der Waals surface area contributed by atoms with Gasteiger partial charge in [-0.25, -0.2) is 21.9 Å². The monoisotopic (exact) mass is 304 g/mol. The molecule has 1 aromatic carbocycles. The van der Waals surface area contributed by atoms with Crippen LogP contribution in [0.2, 0.25) is 0 Å². The molecule has 0 aliphatic carbocycles. The summed E-state index contributed by atoms with van der Waals surface area (Å²) < 4.78 is 52.6. The molecule has 0 saturated carbocycles. The van der Waals surface area contributed by atoms with Crippen LogP contribution >= 0.6 is 11.3 Å². The van der Waals surface area contributed by atoms with Crippen LogP contribution < -0.4 is 10.5 Å². The third-order valence-electron chi connectivity index (χ3n) is 2.32. The highest BCUT2D eigenvalue weighted by atomic mass is 32.2. The summed E-state index contributed by atoms with van der Waals surface area (Å²) in [6.07, 6.45) is 0. The average molecular weight is 304 g/mol. The number of nitrogens with one attached hydrogen (secondary N) is 1. The van der Waals surface area contributed by atoms with Crippen LogP contribution in [-0.4, -0.2) is 8.42 Å². The van der Waals surface area contributed by atoms with Gasteiger partial charge in [0.2, 0.25) is 10.0 Å². The second-order valence-corrected chi connectivity index (χ2v) is 6.49. The summed E-state index contributed by atoms with van der Waals surface area (Å²) in [6, 6.07) is 5.10. The van der Waals surface area contributed by atoms with E-state index in [1.807, 2.05) is 0 Å². The lowest BCUT2D eigenvalue weighted by Crippen LogP contribution is -2.24. The van der Waals surface area contributed by atoms with Crippen LogP contribution in [0.25, 0.3) is 0 Å². The van der Waals surface area contributed by atoms with Crippen molar-refractivity contribution in [2.24, 2.45) is 0 Å². The predicted molar refractivity (Wildman–Crippen MR) is 69.1 cm³/mol. The maximum absolute atomic E-state index is 13.5. The first-order valence-corrected chi connectivity index (χ1v) is 7.53. The molecule has 2 aromatic rings. The average Bonchev–Trinajstić information content (AvgIpc) is 2.84. The molecule has 102 valence electrons. The maximum Gasteiger partial charge on any atom is 0.244 e. The maximum atomic E-state index is 13.5. The zero-order chi connectivity index (χ0) is 14.0. The van der Waals surface area contributed by atoms with E-state index in [9.17, 15) is 17.2 Å². The molecular formula is C11H10F2N2O2S2.